The molecule has 0 bridgehead atoms. The molecule has 154 valence electrons. The minimum atomic E-state index is -1.18. The summed E-state index contributed by atoms with van der Waals surface area (Å²) in [4.78, 5) is 35.3. The number of hydrogen-bond donors (Lipinski definition) is 2. The average molecular weight is 469 g/mol. The molecule has 2 aromatic carbocycles. The highest BCUT2D eigenvalue weighted by atomic mass is 35.5. The molecular formula is C18H12Cl3N5O4. The van der Waals surface area contributed by atoms with E-state index in [1.807, 2.05) is 0 Å². The third-order valence-corrected chi connectivity index (χ3v) is 4.74. The highest BCUT2D eigenvalue weighted by Gasteiger charge is 2.23. The minimum absolute atomic E-state index is 0.0578. The van der Waals surface area contributed by atoms with Crippen molar-refractivity contribution in [1.29, 1.82) is 0 Å². The summed E-state index contributed by atoms with van der Waals surface area (Å²) < 4.78 is 5.86. The second kappa shape index (κ2) is 8.70. The fourth-order valence-corrected chi connectivity index (χ4v) is 3.44. The molecule has 30 heavy (non-hydrogen) atoms. The summed E-state index contributed by atoms with van der Waals surface area (Å²) in [5, 5.41) is 7.96. The third kappa shape index (κ3) is 4.54. The molecule has 1 aromatic heterocycles. The van der Waals surface area contributed by atoms with Crippen LogP contribution in [0.1, 0.15) is 32.0 Å². The molecule has 3 aromatic rings. The number of hydrogen-bond acceptors (Lipinski definition) is 6. The van der Waals surface area contributed by atoms with E-state index in [-0.39, 0.29) is 39.5 Å². The van der Waals surface area contributed by atoms with Gasteiger partial charge in [-0.3, -0.25) is 9.59 Å². The molecule has 12 heteroatoms. The van der Waals surface area contributed by atoms with Gasteiger partial charge >= 0.3 is 6.09 Å². The lowest BCUT2D eigenvalue weighted by Gasteiger charge is -2.11. The zero-order valence-corrected chi connectivity index (χ0v) is 17.2. The molecule has 0 unspecified atom stereocenters. The maximum absolute atomic E-state index is 12.8. The number of primary amides is 2. The van der Waals surface area contributed by atoms with E-state index in [4.69, 9.17) is 51.0 Å². The quantitative estimate of drug-likeness (QED) is 0.532. The van der Waals surface area contributed by atoms with Crippen molar-refractivity contribution in [2.45, 2.75) is 6.54 Å². The van der Waals surface area contributed by atoms with Crippen molar-refractivity contribution in [3.05, 3.63) is 73.9 Å². The Hall–Kier alpha value is -3.14. The van der Waals surface area contributed by atoms with Crippen molar-refractivity contribution >= 4 is 52.6 Å². The number of carbonyl (C=O) groups excluding carboxylic acids is 3. The lowest BCUT2D eigenvalue weighted by Crippen LogP contribution is -2.22. The van der Waals surface area contributed by atoms with Gasteiger partial charge in [-0.25, -0.2) is 9.48 Å². The van der Waals surface area contributed by atoms with Gasteiger partial charge in [-0.05, 0) is 42.0 Å². The topological polar surface area (TPSA) is 143 Å². The Labute approximate surface area is 184 Å². The van der Waals surface area contributed by atoms with Crippen molar-refractivity contribution in [3.8, 4) is 5.88 Å². The summed E-state index contributed by atoms with van der Waals surface area (Å²) >= 11 is 18.4. The molecule has 9 nitrogen and oxygen atoms in total. The molecule has 4 N–H and O–H groups in total. The van der Waals surface area contributed by atoms with Crippen LogP contribution in [0.25, 0.3) is 0 Å². The van der Waals surface area contributed by atoms with Crippen LogP contribution >= 0.6 is 34.8 Å². The van der Waals surface area contributed by atoms with E-state index >= 15 is 0 Å². The van der Waals surface area contributed by atoms with Gasteiger partial charge in [0, 0.05) is 10.6 Å². The second-order valence-electron chi connectivity index (χ2n) is 5.96. The standard InChI is InChI=1S/C18H12Cl3N5O4/c19-10-3-1-9(2-4-10)15(27)13-11(20)5-8(6-12(13)21)7-26-17(30-18(23)29)14(16(22)28)24-25-26/h1-6H,7H2,(H2,22,28)(H2,23,29). The summed E-state index contributed by atoms with van der Waals surface area (Å²) in [5.41, 5.74) is 10.8. The Bertz CT molecular complexity index is 1140. The number of nitrogens with two attached hydrogens (primary N) is 2. The van der Waals surface area contributed by atoms with Gasteiger partial charge in [0.15, 0.2) is 5.78 Å². The number of ketones is 1. The molecule has 0 aliphatic carbocycles. The first-order valence-electron chi connectivity index (χ1n) is 8.16. The SMILES string of the molecule is NC(=O)Oc1c(C(N)=O)nnn1Cc1cc(Cl)c(C(=O)c2ccc(Cl)cc2)c(Cl)c1. The molecule has 0 fully saturated rings. The fraction of sp³-hybridized carbons (Fsp3) is 0.0556. The Morgan fingerprint density at radius 2 is 1.60 bits per heavy atom. The lowest BCUT2D eigenvalue weighted by molar-refractivity contribution is 0.0991. The van der Waals surface area contributed by atoms with E-state index in [0.29, 0.717) is 16.1 Å². The first kappa shape index (κ1) is 21.6. The van der Waals surface area contributed by atoms with Crippen LogP contribution in [0.5, 0.6) is 5.88 Å². The van der Waals surface area contributed by atoms with Crippen LogP contribution in [0.4, 0.5) is 4.79 Å². The monoisotopic (exact) mass is 467 g/mol. The zero-order valence-electron chi connectivity index (χ0n) is 14.9. The maximum atomic E-state index is 12.8. The van der Waals surface area contributed by atoms with E-state index in [9.17, 15) is 14.4 Å². The summed E-state index contributed by atoms with van der Waals surface area (Å²) in [6, 6.07) is 9.23. The van der Waals surface area contributed by atoms with Gasteiger partial charge in [-0.15, -0.1) is 5.10 Å². The van der Waals surface area contributed by atoms with E-state index in [2.05, 4.69) is 10.3 Å². The van der Waals surface area contributed by atoms with Gasteiger partial charge in [-0.1, -0.05) is 40.0 Å². The molecule has 0 spiro atoms. The van der Waals surface area contributed by atoms with Crippen molar-refractivity contribution in [1.82, 2.24) is 15.0 Å². The first-order chi connectivity index (χ1) is 14.2. The summed E-state index contributed by atoms with van der Waals surface area (Å²) in [5.74, 6) is -1.68. The largest absolute Gasteiger partial charge is 0.411 e. The molecule has 0 saturated heterocycles. The van der Waals surface area contributed by atoms with Crippen LogP contribution in [-0.2, 0) is 6.54 Å². The van der Waals surface area contributed by atoms with Crippen LogP contribution in [0.3, 0.4) is 0 Å². The van der Waals surface area contributed by atoms with Crippen LogP contribution < -0.4 is 16.2 Å². The number of nitrogens with zero attached hydrogens (tertiary/aromatic N) is 3. The van der Waals surface area contributed by atoms with Crippen LogP contribution in [-0.4, -0.2) is 32.8 Å². The molecule has 0 aliphatic heterocycles. The zero-order chi connectivity index (χ0) is 22.0. The number of benzene rings is 2. The van der Waals surface area contributed by atoms with Crippen LogP contribution in [0.15, 0.2) is 36.4 Å². The van der Waals surface area contributed by atoms with Crippen molar-refractivity contribution in [2.24, 2.45) is 11.5 Å². The van der Waals surface area contributed by atoms with Gasteiger partial charge in [0.25, 0.3) is 11.8 Å². The highest BCUT2D eigenvalue weighted by Crippen LogP contribution is 2.30. The van der Waals surface area contributed by atoms with Gasteiger partial charge in [0.05, 0.1) is 22.2 Å². The summed E-state index contributed by atoms with van der Waals surface area (Å²) in [6.45, 7) is -0.0578. The molecular weight excluding hydrogens is 457 g/mol. The van der Waals surface area contributed by atoms with Crippen molar-refractivity contribution in [2.75, 3.05) is 0 Å². The maximum Gasteiger partial charge on any atom is 0.411 e. The fourth-order valence-electron chi connectivity index (χ4n) is 2.61. The highest BCUT2D eigenvalue weighted by molar-refractivity contribution is 6.41. The predicted molar refractivity (Wildman–Crippen MR) is 109 cm³/mol. The van der Waals surface area contributed by atoms with Crippen LogP contribution in [0, 0.1) is 0 Å². The summed E-state index contributed by atoms with van der Waals surface area (Å²) in [6.07, 6.45) is -1.18. The van der Waals surface area contributed by atoms with Gasteiger partial charge in [-0.2, -0.15) is 0 Å². The number of aromatic nitrogens is 3. The molecule has 0 aliphatic rings. The van der Waals surface area contributed by atoms with E-state index in [1.54, 1.807) is 24.3 Å². The lowest BCUT2D eigenvalue weighted by atomic mass is 10.0. The molecule has 3 rings (SSSR count). The second-order valence-corrected chi connectivity index (χ2v) is 7.21. The Kier molecular flexibility index (Phi) is 6.25. The van der Waals surface area contributed by atoms with Gasteiger partial charge in [0.2, 0.25) is 5.69 Å². The first-order valence-corrected chi connectivity index (χ1v) is 9.29. The Balaban J connectivity index is 1.95. The Morgan fingerprint density at radius 3 is 2.13 bits per heavy atom. The van der Waals surface area contributed by atoms with E-state index in [1.165, 1.54) is 12.1 Å². The third-order valence-electron chi connectivity index (χ3n) is 3.89. The summed E-state index contributed by atoms with van der Waals surface area (Å²) in [7, 11) is 0. The van der Waals surface area contributed by atoms with Crippen molar-refractivity contribution < 1.29 is 19.1 Å². The molecule has 1 heterocycles. The number of amides is 2. The van der Waals surface area contributed by atoms with E-state index in [0.717, 1.165) is 4.68 Å². The number of ether oxygens (including phenoxy) is 1. The predicted octanol–water partition coefficient (Wildman–Crippen LogP) is 3.07. The van der Waals surface area contributed by atoms with Crippen LogP contribution in [0.2, 0.25) is 15.1 Å². The number of halogens is 3. The molecule has 2 amide bonds. The molecule has 0 saturated carbocycles. The molecule has 0 radical (unpaired) electrons. The normalized spacial score (nSPS) is 10.6. The number of rotatable bonds is 6. The average Bonchev–Trinajstić information content (AvgIpc) is 3.03. The molecule has 0 atom stereocenters. The van der Waals surface area contributed by atoms with Crippen molar-refractivity contribution in [3.63, 3.8) is 0 Å². The minimum Gasteiger partial charge on any atom is -0.389 e. The smallest absolute Gasteiger partial charge is 0.389 e. The number of carbonyl (C=O) groups is 3. The van der Waals surface area contributed by atoms with E-state index < -0.39 is 12.0 Å². The van der Waals surface area contributed by atoms with Gasteiger partial charge < -0.3 is 16.2 Å². The Morgan fingerprint density at radius 1 is 1.00 bits per heavy atom. The van der Waals surface area contributed by atoms with Gasteiger partial charge in [0.1, 0.15) is 0 Å².